The van der Waals surface area contributed by atoms with Gasteiger partial charge in [-0.15, -0.1) is 0 Å². The summed E-state index contributed by atoms with van der Waals surface area (Å²) in [5.74, 6) is 0.458. The Labute approximate surface area is 161 Å². The molecule has 0 saturated carbocycles. The Morgan fingerprint density at radius 1 is 1.00 bits per heavy atom. The van der Waals surface area contributed by atoms with E-state index in [1.54, 1.807) is 6.20 Å². The summed E-state index contributed by atoms with van der Waals surface area (Å²) in [6.07, 6.45) is 2.73. The Kier molecular flexibility index (Phi) is 7.68. The van der Waals surface area contributed by atoms with Crippen LogP contribution in [0.15, 0.2) is 60.8 Å². The quantitative estimate of drug-likeness (QED) is 0.678. The van der Waals surface area contributed by atoms with Crippen molar-refractivity contribution in [3.8, 4) is 11.3 Å². The van der Waals surface area contributed by atoms with Gasteiger partial charge in [0.15, 0.2) is 5.82 Å². The summed E-state index contributed by atoms with van der Waals surface area (Å²) in [5, 5.41) is 2.89. The first kappa shape index (κ1) is 20.3. The minimum atomic E-state index is -0.0830. The molecule has 0 aliphatic heterocycles. The van der Waals surface area contributed by atoms with E-state index in [4.69, 9.17) is 0 Å². The molecule has 1 heterocycles. The van der Waals surface area contributed by atoms with Gasteiger partial charge in [0.05, 0.1) is 24.0 Å². The van der Waals surface area contributed by atoms with Crippen molar-refractivity contribution in [3.63, 3.8) is 0 Å². The zero-order valence-corrected chi connectivity index (χ0v) is 16.5. The predicted molar refractivity (Wildman–Crippen MR) is 112 cm³/mol. The van der Waals surface area contributed by atoms with E-state index in [-0.39, 0.29) is 5.91 Å². The molecule has 3 aromatic rings. The van der Waals surface area contributed by atoms with Crippen molar-refractivity contribution in [1.29, 1.82) is 0 Å². The number of hydrogen-bond acceptors (Lipinski definition) is 3. The highest BCUT2D eigenvalue weighted by Gasteiger charge is 2.11. The van der Waals surface area contributed by atoms with Crippen molar-refractivity contribution < 1.29 is 4.79 Å². The van der Waals surface area contributed by atoms with Gasteiger partial charge in [-0.25, -0.2) is 9.97 Å². The summed E-state index contributed by atoms with van der Waals surface area (Å²) in [6.45, 7) is 8.04. The number of anilines is 1. The Bertz CT molecular complexity index is 859. The maximum absolute atomic E-state index is 12.3. The van der Waals surface area contributed by atoms with E-state index in [9.17, 15) is 4.79 Å². The Morgan fingerprint density at radius 3 is 2.30 bits per heavy atom. The number of aryl methyl sites for hydroxylation is 2. The fourth-order valence-electron chi connectivity index (χ4n) is 2.59. The molecule has 0 aliphatic carbocycles. The van der Waals surface area contributed by atoms with Crippen LogP contribution in [0, 0.1) is 6.92 Å². The third-order valence-corrected chi connectivity index (χ3v) is 3.99. The lowest BCUT2D eigenvalue weighted by atomic mass is 10.1. The summed E-state index contributed by atoms with van der Waals surface area (Å²) in [6, 6.07) is 17.9. The highest BCUT2D eigenvalue weighted by atomic mass is 16.1. The summed E-state index contributed by atoms with van der Waals surface area (Å²) in [5.41, 5.74) is 4.78. The topological polar surface area (TPSA) is 54.9 Å². The van der Waals surface area contributed by atoms with E-state index < -0.39 is 0 Å². The van der Waals surface area contributed by atoms with E-state index in [0.29, 0.717) is 18.7 Å². The molecule has 0 unspecified atom stereocenters. The Balaban J connectivity index is 0.00000126. The van der Waals surface area contributed by atoms with Gasteiger partial charge >= 0.3 is 0 Å². The molecule has 2 aromatic carbocycles. The smallest absolute Gasteiger partial charge is 0.229 e. The average Bonchev–Trinajstić information content (AvgIpc) is 2.72. The van der Waals surface area contributed by atoms with Crippen LogP contribution in [0.3, 0.4) is 0 Å². The number of carbonyl (C=O) groups excluding carboxylic acids is 1. The van der Waals surface area contributed by atoms with Crippen molar-refractivity contribution in [2.24, 2.45) is 0 Å². The van der Waals surface area contributed by atoms with Crippen molar-refractivity contribution in [2.75, 3.05) is 5.32 Å². The zero-order valence-electron chi connectivity index (χ0n) is 16.5. The monoisotopic (exact) mass is 361 g/mol. The first-order valence-electron chi connectivity index (χ1n) is 9.42. The van der Waals surface area contributed by atoms with Gasteiger partial charge in [-0.2, -0.15) is 0 Å². The molecule has 0 saturated heterocycles. The first-order valence-corrected chi connectivity index (χ1v) is 9.42. The summed E-state index contributed by atoms with van der Waals surface area (Å²) in [7, 11) is 0. The van der Waals surface area contributed by atoms with Gasteiger partial charge in [0.25, 0.3) is 0 Å². The third-order valence-electron chi connectivity index (χ3n) is 3.99. The maximum Gasteiger partial charge on any atom is 0.229 e. The fourth-order valence-corrected chi connectivity index (χ4v) is 2.59. The molecule has 0 aliphatic rings. The summed E-state index contributed by atoms with van der Waals surface area (Å²) in [4.78, 5) is 21.4. The van der Waals surface area contributed by atoms with Crippen LogP contribution >= 0.6 is 0 Å². The van der Waals surface area contributed by atoms with Gasteiger partial charge in [0, 0.05) is 5.56 Å². The van der Waals surface area contributed by atoms with E-state index in [0.717, 1.165) is 22.5 Å². The number of carbonyl (C=O) groups is 1. The minimum Gasteiger partial charge on any atom is -0.309 e. The lowest BCUT2D eigenvalue weighted by molar-refractivity contribution is -0.115. The van der Waals surface area contributed by atoms with Gasteiger partial charge < -0.3 is 5.32 Å². The van der Waals surface area contributed by atoms with Crippen molar-refractivity contribution >= 4 is 11.7 Å². The molecule has 0 fully saturated rings. The summed E-state index contributed by atoms with van der Waals surface area (Å²) >= 11 is 0. The van der Waals surface area contributed by atoms with Crippen LogP contribution in [0.5, 0.6) is 0 Å². The number of hydrogen-bond donors (Lipinski definition) is 1. The van der Waals surface area contributed by atoms with Crippen molar-refractivity contribution in [2.45, 2.75) is 40.5 Å². The molecule has 4 heteroatoms. The second kappa shape index (κ2) is 10.2. The number of amides is 1. The fraction of sp³-hybridized carbons (Fsp3) is 0.261. The van der Waals surface area contributed by atoms with Crippen LogP contribution in [-0.2, 0) is 17.6 Å². The number of aromatic nitrogens is 2. The molecule has 0 radical (unpaired) electrons. The van der Waals surface area contributed by atoms with E-state index in [1.165, 1.54) is 5.56 Å². The molecule has 0 spiro atoms. The number of rotatable bonds is 5. The Hall–Kier alpha value is -3.01. The minimum absolute atomic E-state index is 0.0830. The lowest BCUT2D eigenvalue weighted by Crippen LogP contribution is -2.17. The summed E-state index contributed by atoms with van der Waals surface area (Å²) < 4.78 is 0. The number of nitrogens with zero attached hydrogens (tertiary/aromatic N) is 2. The highest BCUT2D eigenvalue weighted by Crippen LogP contribution is 2.20. The maximum atomic E-state index is 12.3. The predicted octanol–water partition coefficient (Wildman–Crippen LogP) is 5.22. The van der Waals surface area contributed by atoms with Crippen molar-refractivity contribution in [3.05, 3.63) is 77.6 Å². The van der Waals surface area contributed by atoms with Crippen molar-refractivity contribution in [1.82, 2.24) is 9.97 Å². The molecule has 1 N–H and O–H groups in total. The van der Waals surface area contributed by atoms with E-state index >= 15 is 0 Å². The third kappa shape index (κ3) is 5.74. The van der Waals surface area contributed by atoms with E-state index in [1.807, 2.05) is 82.3 Å². The first-order chi connectivity index (χ1) is 13.2. The van der Waals surface area contributed by atoms with Crippen LogP contribution in [0.2, 0.25) is 0 Å². The molecule has 140 valence electrons. The van der Waals surface area contributed by atoms with Gasteiger partial charge in [-0.05, 0) is 18.9 Å². The van der Waals surface area contributed by atoms with Crippen LogP contribution < -0.4 is 5.32 Å². The molecule has 4 nitrogen and oxygen atoms in total. The standard InChI is InChI=1S/C21H21N3O.C2H6/c1-3-18-21(22-14-19(23-18)17-7-5-4-6-8-17)24-20(25)13-16-11-9-15(2)10-12-16;1-2/h4-12,14H,3,13H2,1-2H3,(H,22,24,25);1-2H3. The molecular weight excluding hydrogens is 334 g/mol. The van der Waals surface area contributed by atoms with Gasteiger partial charge in [-0.3, -0.25) is 4.79 Å². The molecule has 0 atom stereocenters. The molecule has 27 heavy (non-hydrogen) atoms. The molecular formula is C23H27N3O. The Morgan fingerprint density at radius 2 is 1.67 bits per heavy atom. The van der Waals surface area contributed by atoms with Crippen LogP contribution in [0.4, 0.5) is 5.82 Å². The van der Waals surface area contributed by atoms with Crippen LogP contribution in [0.1, 0.15) is 37.6 Å². The average molecular weight is 361 g/mol. The van der Waals surface area contributed by atoms with Gasteiger partial charge in [0.2, 0.25) is 5.91 Å². The number of benzene rings is 2. The second-order valence-electron chi connectivity index (χ2n) is 5.98. The van der Waals surface area contributed by atoms with Gasteiger partial charge in [-0.1, -0.05) is 80.9 Å². The highest BCUT2D eigenvalue weighted by molar-refractivity contribution is 5.91. The van der Waals surface area contributed by atoms with Gasteiger partial charge in [0.1, 0.15) is 0 Å². The zero-order chi connectivity index (χ0) is 19.6. The van der Waals surface area contributed by atoms with Crippen LogP contribution in [0.25, 0.3) is 11.3 Å². The largest absolute Gasteiger partial charge is 0.309 e. The molecule has 0 bridgehead atoms. The molecule has 3 rings (SSSR count). The molecule has 1 amide bonds. The normalized spacial score (nSPS) is 9.93. The molecule has 1 aromatic heterocycles. The SMILES string of the molecule is CC.CCc1nc(-c2ccccc2)cnc1NC(=O)Cc1ccc(C)cc1. The lowest BCUT2D eigenvalue weighted by Gasteiger charge is -2.10. The number of nitrogens with one attached hydrogen (secondary N) is 1. The van der Waals surface area contributed by atoms with E-state index in [2.05, 4.69) is 15.3 Å². The second-order valence-corrected chi connectivity index (χ2v) is 5.98. The van der Waals surface area contributed by atoms with Crippen LogP contribution in [-0.4, -0.2) is 15.9 Å².